The Bertz CT molecular complexity index is 316. The Balaban J connectivity index is 4.32. The van der Waals surface area contributed by atoms with E-state index in [-0.39, 0.29) is 36.9 Å². The SMILES string of the molecule is CC(C)(C)CC(N)CC(=O)N(CC#N)CC#N. The number of carbonyl (C=O) groups excluding carboxylic acids is 1. The molecule has 0 aromatic rings. The van der Waals surface area contributed by atoms with Gasteiger partial charge in [0.1, 0.15) is 13.1 Å². The number of nitriles is 2. The zero-order valence-corrected chi connectivity index (χ0v) is 10.7. The lowest BCUT2D eigenvalue weighted by atomic mass is 9.87. The maximum absolute atomic E-state index is 11.8. The molecule has 0 aliphatic heterocycles. The lowest BCUT2D eigenvalue weighted by Crippen LogP contribution is -2.37. The third kappa shape index (κ3) is 7.32. The summed E-state index contributed by atoms with van der Waals surface area (Å²) in [5.41, 5.74) is 5.94. The molecule has 1 amide bonds. The van der Waals surface area contributed by atoms with Crippen molar-refractivity contribution < 1.29 is 4.79 Å². The van der Waals surface area contributed by atoms with Crippen LogP contribution in [0.25, 0.3) is 0 Å². The van der Waals surface area contributed by atoms with Gasteiger partial charge in [0, 0.05) is 12.5 Å². The Morgan fingerprint density at radius 2 is 1.76 bits per heavy atom. The van der Waals surface area contributed by atoms with Crippen molar-refractivity contribution in [1.29, 1.82) is 10.5 Å². The molecule has 0 heterocycles. The van der Waals surface area contributed by atoms with Crippen molar-refractivity contribution in [3.63, 3.8) is 0 Å². The Hall–Kier alpha value is -1.59. The zero-order valence-electron chi connectivity index (χ0n) is 10.7. The van der Waals surface area contributed by atoms with Crippen LogP contribution >= 0.6 is 0 Å². The molecule has 0 saturated heterocycles. The van der Waals surface area contributed by atoms with Crippen LogP contribution in [0.1, 0.15) is 33.6 Å². The van der Waals surface area contributed by atoms with Crippen LogP contribution in [0, 0.1) is 28.1 Å². The van der Waals surface area contributed by atoms with Crippen LogP contribution in [0.3, 0.4) is 0 Å². The van der Waals surface area contributed by atoms with Gasteiger partial charge in [-0.3, -0.25) is 4.79 Å². The number of nitrogens with zero attached hydrogens (tertiary/aromatic N) is 3. The minimum atomic E-state index is -0.234. The van der Waals surface area contributed by atoms with Gasteiger partial charge in [0.15, 0.2) is 0 Å². The Morgan fingerprint density at radius 1 is 1.29 bits per heavy atom. The highest BCUT2D eigenvalue weighted by molar-refractivity contribution is 5.77. The highest BCUT2D eigenvalue weighted by Crippen LogP contribution is 2.21. The molecule has 2 N–H and O–H groups in total. The molecule has 0 aromatic carbocycles. The van der Waals surface area contributed by atoms with E-state index in [4.69, 9.17) is 16.3 Å². The third-order valence-electron chi connectivity index (χ3n) is 2.19. The van der Waals surface area contributed by atoms with E-state index < -0.39 is 0 Å². The topological polar surface area (TPSA) is 93.9 Å². The van der Waals surface area contributed by atoms with Crippen molar-refractivity contribution >= 4 is 5.91 Å². The fourth-order valence-electron chi connectivity index (χ4n) is 1.62. The fraction of sp³-hybridized carbons (Fsp3) is 0.750. The Labute approximate surface area is 103 Å². The molecule has 5 nitrogen and oxygen atoms in total. The minimum Gasteiger partial charge on any atom is -0.327 e. The summed E-state index contributed by atoms with van der Waals surface area (Å²) in [7, 11) is 0. The fourth-order valence-corrected chi connectivity index (χ4v) is 1.62. The van der Waals surface area contributed by atoms with E-state index in [1.807, 2.05) is 12.1 Å². The number of rotatable bonds is 5. The first kappa shape index (κ1) is 15.4. The second-order valence-electron chi connectivity index (χ2n) is 5.30. The maximum atomic E-state index is 11.8. The van der Waals surface area contributed by atoms with E-state index in [1.165, 1.54) is 4.90 Å². The second-order valence-corrected chi connectivity index (χ2v) is 5.30. The largest absolute Gasteiger partial charge is 0.327 e. The van der Waals surface area contributed by atoms with Crippen LogP contribution in [-0.2, 0) is 4.79 Å². The van der Waals surface area contributed by atoms with Crippen LogP contribution in [-0.4, -0.2) is 29.9 Å². The van der Waals surface area contributed by atoms with E-state index in [1.54, 1.807) is 0 Å². The summed E-state index contributed by atoms with van der Waals surface area (Å²) in [5, 5.41) is 17.1. The molecule has 0 saturated carbocycles. The predicted octanol–water partition coefficient (Wildman–Crippen LogP) is 1.02. The van der Waals surface area contributed by atoms with Crippen LogP contribution in [0.2, 0.25) is 0 Å². The summed E-state index contributed by atoms with van der Waals surface area (Å²) in [5.74, 6) is -0.232. The van der Waals surface area contributed by atoms with E-state index in [9.17, 15) is 4.79 Å². The van der Waals surface area contributed by atoms with Crippen molar-refractivity contribution in [1.82, 2.24) is 4.90 Å². The number of nitrogens with two attached hydrogens (primary N) is 1. The first-order valence-electron chi connectivity index (χ1n) is 5.57. The van der Waals surface area contributed by atoms with Gasteiger partial charge >= 0.3 is 0 Å². The molecule has 0 fully saturated rings. The highest BCUT2D eigenvalue weighted by atomic mass is 16.2. The van der Waals surface area contributed by atoms with Crippen LogP contribution in [0.5, 0.6) is 0 Å². The maximum Gasteiger partial charge on any atom is 0.225 e. The molecule has 0 spiro atoms. The smallest absolute Gasteiger partial charge is 0.225 e. The van der Waals surface area contributed by atoms with Gasteiger partial charge < -0.3 is 10.6 Å². The van der Waals surface area contributed by atoms with E-state index >= 15 is 0 Å². The third-order valence-corrected chi connectivity index (χ3v) is 2.19. The van der Waals surface area contributed by atoms with Crippen molar-refractivity contribution in [2.45, 2.75) is 39.7 Å². The first-order valence-corrected chi connectivity index (χ1v) is 5.57. The molecule has 17 heavy (non-hydrogen) atoms. The molecule has 5 heteroatoms. The predicted molar refractivity (Wildman–Crippen MR) is 64.5 cm³/mol. The number of hydrogen-bond acceptors (Lipinski definition) is 4. The lowest BCUT2D eigenvalue weighted by Gasteiger charge is -2.24. The minimum absolute atomic E-state index is 0.0609. The van der Waals surface area contributed by atoms with Gasteiger partial charge in [-0.1, -0.05) is 20.8 Å². The molecule has 1 atom stereocenters. The first-order chi connectivity index (χ1) is 7.80. The Kier molecular flexibility index (Phi) is 6.23. The molecule has 1 unspecified atom stereocenters. The quantitative estimate of drug-likeness (QED) is 0.721. The molecule has 0 radical (unpaired) electrons. The average molecular weight is 236 g/mol. The molecular formula is C12H20N4O. The molecule has 0 aromatic heterocycles. The van der Waals surface area contributed by atoms with Gasteiger partial charge in [-0.05, 0) is 11.8 Å². The number of hydrogen-bond donors (Lipinski definition) is 1. The van der Waals surface area contributed by atoms with Crippen LogP contribution < -0.4 is 5.73 Å². The van der Waals surface area contributed by atoms with E-state index in [0.29, 0.717) is 0 Å². The molecule has 0 bridgehead atoms. The summed E-state index contributed by atoms with van der Waals surface area (Å²) in [6, 6.07) is 3.50. The zero-order chi connectivity index (χ0) is 13.5. The summed E-state index contributed by atoms with van der Waals surface area (Å²) in [6.45, 7) is 6.04. The van der Waals surface area contributed by atoms with Crippen molar-refractivity contribution in [2.24, 2.45) is 11.1 Å². The van der Waals surface area contributed by atoms with Crippen molar-refractivity contribution in [3.8, 4) is 12.1 Å². The normalized spacial score (nSPS) is 12.4. The van der Waals surface area contributed by atoms with E-state index in [0.717, 1.165) is 6.42 Å². The second kappa shape index (κ2) is 6.88. The van der Waals surface area contributed by atoms with Gasteiger partial charge in [0.25, 0.3) is 0 Å². The molecule has 94 valence electrons. The molecule has 0 rings (SSSR count). The van der Waals surface area contributed by atoms with Gasteiger partial charge in [0.2, 0.25) is 5.91 Å². The summed E-state index contributed by atoms with van der Waals surface area (Å²) < 4.78 is 0. The lowest BCUT2D eigenvalue weighted by molar-refractivity contribution is -0.130. The number of carbonyl (C=O) groups is 1. The van der Waals surface area contributed by atoms with Gasteiger partial charge in [-0.15, -0.1) is 0 Å². The van der Waals surface area contributed by atoms with Crippen LogP contribution in [0.4, 0.5) is 0 Å². The molecular weight excluding hydrogens is 216 g/mol. The number of amides is 1. The standard InChI is InChI=1S/C12H20N4O/c1-12(2,3)9-10(15)8-11(17)16(6-4-13)7-5-14/h10H,6-9,15H2,1-3H3. The van der Waals surface area contributed by atoms with Crippen molar-refractivity contribution in [2.75, 3.05) is 13.1 Å². The summed E-state index contributed by atoms with van der Waals surface area (Å²) in [6.07, 6.45) is 0.909. The van der Waals surface area contributed by atoms with E-state index in [2.05, 4.69) is 20.8 Å². The van der Waals surface area contributed by atoms with Crippen molar-refractivity contribution in [3.05, 3.63) is 0 Å². The molecule has 0 aliphatic rings. The van der Waals surface area contributed by atoms with Gasteiger partial charge in [-0.25, -0.2) is 0 Å². The summed E-state index contributed by atoms with van der Waals surface area (Å²) in [4.78, 5) is 13.0. The average Bonchev–Trinajstić information content (AvgIpc) is 2.14. The van der Waals surface area contributed by atoms with Gasteiger partial charge in [0.05, 0.1) is 12.1 Å². The highest BCUT2D eigenvalue weighted by Gasteiger charge is 2.21. The van der Waals surface area contributed by atoms with Crippen LogP contribution in [0.15, 0.2) is 0 Å². The molecule has 0 aliphatic carbocycles. The van der Waals surface area contributed by atoms with Gasteiger partial charge in [-0.2, -0.15) is 10.5 Å². The summed E-state index contributed by atoms with van der Waals surface area (Å²) >= 11 is 0. The monoisotopic (exact) mass is 236 g/mol. The Morgan fingerprint density at radius 3 is 2.12 bits per heavy atom.